The van der Waals surface area contributed by atoms with Crippen molar-refractivity contribution in [3.63, 3.8) is 0 Å². The first-order chi connectivity index (χ1) is 15.6. The molecule has 4 heteroatoms. The summed E-state index contributed by atoms with van der Waals surface area (Å²) in [7, 11) is 0. The van der Waals surface area contributed by atoms with E-state index in [1.807, 2.05) is 42.5 Å². The van der Waals surface area contributed by atoms with Crippen molar-refractivity contribution in [2.24, 2.45) is 0 Å². The Hall–Kier alpha value is -3.76. The molecule has 0 saturated carbocycles. The molecular weight excluding hydrogens is 462 g/mol. The highest BCUT2D eigenvalue weighted by molar-refractivity contribution is 9.10. The van der Waals surface area contributed by atoms with Gasteiger partial charge in [-0.25, -0.2) is 0 Å². The van der Waals surface area contributed by atoms with Gasteiger partial charge in [-0.2, -0.15) is 0 Å². The number of hydrogen-bond acceptors (Lipinski definition) is 2. The monoisotopic (exact) mass is 477 g/mol. The molecule has 0 unspecified atom stereocenters. The molecule has 0 amide bonds. The standard InChI is InChI=1S/C28H16BrNO2/c29-25-12-9-18-6-7-20-14-22(15-21-8-11-23(25)28(18)27(20)21)24-16-19(10-13-26(24)30(31)32)17-4-2-1-3-5-17/h1-16H. The molecule has 0 heterocycles. The Labute approximate surface area is 192 Å². The Balaban J connectivity index is 1.65. The van der Waals surface area contributed by atoms with Gasteiger partial charge < -0.3 is 0 Å². The van der Waals surface area contributed by atoms with Crippen LogP contribution in [0.25, 0.3) is 54.6 Å². The fourth-order valence-electron chi connectivity index (χ4n) is 4.68. The molecule has 0 saturated heterocycles. The number of benzene rings is 6. The van der Waals surface area contributed by atoms with Crippen molar-refractivity contribution in [2.75, 3.05) is 0 Å². The molecule has 0 aromatic heterocycles. The SMILES string of the molecule is O=[N+]([O-])c1ccc(-c2ccccc2)cc1-c1cc2ccc3ccc(Br)c4ccc(c1)c2c34. The van der Waals surface area contributed by atoms with Gasteiger partial charge in [0.05, 0.1) is 10.5 Å². The second-order valence-corrected chi connectivity index (χ2v) is 8.83. The lowest BCUT2D eigenvalue weighted by atomic mass is 9.90. The molecule has 0 aliphatic carbocycles. The van der Waals surface area contributed by atoms with Crippen LogP contribution < -0.4 is 0 Å². The van der Waals surface area contributed by atoms with Gasteiger partial charge in [-0.05, 0) is 79.3 Å². The van der Waals surface area contributed by atoms with Crippen molar-refractivity contribution >= 4 is 53.9 Å². The van der Waals surface area contributed by atoms with E-state index in [4.69, 9.17) is 0 Å². The maximum atomic E-state index is 11.9. The second kappa shape index (κ2) is 7.14. The van der Waals surface area contributed by atoms with Gasteiger partial charge in [-0.3, -0.25) is 10.1 Å². The molecule has 0 radical (unpaired) electrons. The first-order valence-corrected chi connectivity index (χ1v) is 11.1. The van der Waals surface area contributed by atoms with E-state index in [1.54, 1.807) is 6.07 Å². The minimum Gasteiger partial charge on any atom is -0.258 e. The zero-order chi connectivity index (χ0) is 21.8. The minimum atomic E-state index is -0.300. The zero-order valence-electron chi connectivity index (χ0n) is 16.9. The third-order valence-electron chi connectivity index (χ3n) is 6.16. The topological polar surface area (TPSA) is 43.1 Å². The van der Waals surface area contributed by atoms with Crippen LogP contribution in [-0.4, -0.2) is 4.92 Å². The molecule has 0 fully saturated rings. The first-order valence-electron chi connectivity index (χ1n) is 10.3. The van der Waals surface area contributed by atoms with Crippen molar-refractivity contribution in [3.8, 4) is 22.3 Å². The van der Waals surface area contributed by atoms with E-state index in [9.17, 15) is 10.1 Å². The molecule has 0 aliphatic rings. The van der Waals surface area contributed by atoms with Crippen LogP contribution in [0.3, 0.4) is 0 Å². The van der Waals surface area contributed by atoms with Crippen LogP contribution in [0.15, 0.2) is 102 Å². The molecule has 6 aromatic carbocycles. The molecule has 0 spiro atoms. The molecule has 6 aromatic rings. The van der Waals surface area contributed by atoms with E-state index in [2.05, 4.69) is 64.5 Å². The predicted octanol–water partition coefficient (Wildman–Crippen LogP) is 8.59. The second-order valence-electron chi connectivity index (χ2n) is 7.98. The maximum Gasteiger partial charge on any atom is 0.277 e. The van der Waals surface area contributed by atoms with Crippen molar-refractivity contribution in [2.45, 2.75) is 0 Å². The molecule has 0 aliphatic heterocycles. The maximum absolute atomic E-state index is 11.9. The summed E-state index contributed by atoms with van der Waals surface area (Å²) in [5, 5.41) is 18.8. The lowest BCUT2D eigenvalue weighted by Gasteiger charge is -2.14. The third-order valence-corrected chi connectivity index (χ3v) is 6.85. The Kier molecular flexibility index (Phi) is 4.23. The third kappa shape index (κ3) is 2.88. The van der Waals surface area contributed by atoms with Gasteiger partial charge in [-0.15, -0.1) is 0 Å². The number of halogens is 1. The number of hydrogen-bond donors (Lipinski definition) is 0. The summed E-state index contributed by atoms with van der Waals surface area (Å²) in [5.74, 6) is 0. The largest absolute Gasteiger partial charge is 0.277 e. The van der Waals surface area contributed by atoms with Crippen molar-refractivity contribution in [3.05, 3.63) is 112 Å². The zero-order valence-corrected chi connectivity index (χ0v) is 18.5. The lowest BCUT2D eigenvalue weighted by molar-refractivity contribution is -0.384. The fraction of sp³-hybridized carbons (Fsp3) is 0. The summed E-state index contributed by atoms with van der Waals surface area (Å²) in [4.78, 5) is 11.6. The van der Waals surface area contributed by atoms with Gasteiger partial charge in [-0.1, -0.05) is 76.6 Å². The summed E-state index contributed by atoms with van der Waals surface area (Å²) in [6.07, 6.45) is 0. The highest BCUT2D eigenvalue weighted by Crippen LogP contribution is 2.41. The summed E-state index contributed by atoms with van der Waals surface area (Å²) >= 11 is 3.67. The summed E-state index contributed by atoms with van der Waals surface area (Å²) < 4.78 is 1.06. The molecule has 0 bridgehead atoms. The van der Waals surface area contributed by atoms with Gasteiger partial charge in [0.2, 0.25) is 0 Å². The van der Waals surface area contributed by atoms with Gasteiger partial charge >= 0.3 is 0 Å². The number of rotatable bonds is 3. The summed E-state index contributed by atoms with van der Waals surface area (Å²) in [5.41, 5.74) is 3.58. The van der Waals surface area contributed by atoms with E-state index >= 15 is 0 Å². The van der Waals surface area contributed by atoms with Gasteiger partial charge in [0.1, 0.15) is 0 Å². The van der Waals surface area contributed by atoms with Crippen LogP contribution >= 0.6 is 15.9 Å². The average Bonchev–Trinajstić information content (AvgIpc) is 2.83. The van der Waals surface area contributed by atoms with Crippen molar-refractivity contribution in [1.29, 1.82) is 0 Å². The number of nitro benzene ring substituents is 1. The highest BCUT2D eigenvalue weighted by atomic mass is 79.9. The van der Waals surface area contributed by atoms with Gasteiger partial charge in [0.15, 0.2) is 0 Å². The Bertz CT molecular complexity index is 1640. The minimum absolute atomic E-state index is 0.111. The van der Waals surface area contributed by atoms with Crippen molar-refractivity contribution in [1.82, 2.24) is 0 Å². The van der Waals surface area contributed by atoms with Crippen LogP contribution in [0.4, 0.5) is 5.69 Å². The van der Waals surface area contributed by atoms with E-state index < -0.39 is 0 Å². The fourth-order valence-corrected chi connectivity index (χ4v) is 5.14. The molecule has 32 heavy (non-hydrogen) atoms. The normalized spacial score (nSPS) is 11.5. The number of nitrogens with zero attached hydrogens (tertiary/aromatic N) is 1. The van der Waals surface area contributed by atoms with E-state index in [1.165, 1.54) is 21.5 Å². The highest BCUT2D eigenvalue weighted by Gasteiger charge is 2.19. The Morgan fingerprint density at radius 1 is 0.625 bits per heavy atom. The number of nitro groups is 1. The lowest BCUT2D eigenvalue weighted by Crippen LogP contribution is -1.94. The van der Waals surface area contributed by atoms with Crippen molar-refractivity contribution < 1.29 is 4.92 Å². The average molecular weight is 478 g/mol. The van der Waals surface area contributed by atoms with Crippen LogP contribution in [0.5, 0.6) is 0 Å². The molecule has 0 atom stereocenters. The Morgan fingerprint density at radius 2 is 1.31 bits per heavy atom. The van der Waals surface area contributed by atoms with Crippen LogP contribution in [0.2, 0.25) is 0 Å². The molecule has 152 valence electrons. The van der Waals surface area contributed by atoms with Gasteiger partial charge in [0.25, 0.3) is 5.69 Å². The molecule has 0 N–H and O–H groups in total. The van der Waals surface area contributed by atoms with E-state index in [-0.39, 0.29) is 10.6 Å². The molecule has 3 nitrogen and oxygen atoms in total. The van der Waals surface area contributed by atoms with Crippen LogP contribution in [0, 0.1) is 10.1 Å². The van der Waals surface area contributed by atoms with E-state index in [0.29, 0.717) is 5.56 Å². The first kappa shape index (κ1) is 19.0. The van der Waals surface area contributed by atoms with Gasteiger partial charge in [0, 0.05) is 10.5 Å². The summed E-state index contributed by atoms with van der Waals surface area (Å²) in [6, 6.07) is 32.1. The Morgan fingerprint density at radius 3 is 2.06 bits per heavy atom. The predicted molar refractivity (Wildman–Crippen MR) is 135 cm³/mol. The van der Waals surface area contributed by atoms with Crippen LogP contribution in [-0.2, 0) is 0 Å². The van der Waals surface area contributed by atoms with Crippen LogP contribution in [0.1, 0.15) is 0 Å². The molecular formula is C28H16BrNO2. The quantitative estimate of drug-likeness (QED) is 0.145. The summed E-state index contributed by atoms with van der Waals surface area (Å²) in [6.45, 7) is 0. The smallest absolute Gasteiger partial charge is 0.258 e. The molecule has 6 rings (SSSR count). The van der Waals surface area contributed by atoms with E-state index in [0.717, 1.165) is 31.9 Å².